The molecule has 3 aliphatic rings. The average molecular weight is 527 g/mol. The number of nitrogens with one attached hydrogen (secondary N) is 4. The molecule has 3 unspecified atom stereocenters. The van der Waals surface area contributed by atoms with E-state index in [-0.39, 0.29) is 46.6 Å². The molecule has 3 saturated heterocycles. The first-order valence-electron chi connectivity index (χ1n) is 12.8. The zero-order valence-electron chi connectivity index (χ0n) is 20.6. The Morgan fingerprint density at radius 3 is 2.51 bits per heavy atom. The predicted octanol–water partition coefficient (Wildman–Crippen LogP) is 2.97. The molecule has 5 atom stereocenters. The van der Waals surface area contributed by atoms with Gasteiger partial charge < -0.3 is 10.6 Å². The minimum absolute atomic E-state index is 0.00356. The summed E-state index contributed by atoms with van der Waals surface area (Å²) >= 11 is 0. The molecule has 4 N–H and O–H groups in total. The molecule has 0 aliphatic carbocycles. The Morgan fingerprint density at radius 1 is 1.03 bits per heavy atom. The van der Waals surface area contributed by atoms with Gasteiger partial charge in [-0.2, -0.15) is 4.31 Å². The molecule has 0 saturated carbocycles. The van der Waals surface area contributed by atoms with E-state index in [2.05, 4.69) is 36.4 Å². The Kier molecular flexibility index (Phi) is 6.43. The van der Waals surface area contributed by atoms with E-state index in [9.17, 15) is 8.42 Å². The lowest BCUT2D eigenvalue weighted by Crippen LogP contribution is -2.56. The van der Waals surface area contributed by atoms with Crippen LogP contribution in [-0.4, -0.2) is 58.0 Å². The number of aromatic nitrogens is 3. The maximum Gasteiger partial charge on any atom is 0.245 e. The van der Waals surface area contributed by atoms with Crippen molar-refractivity contribution in [1.29, 1.82) is 0 Å². The molecule has 10 nitrogen and oxygen atoms in total. The summed E-state index contributed by atoms with van der Waals surface area (Å²) in [5.41, 5.74) is 6.49. The van der Waals surface area contributed by atoms with Crippen LogP contribution in [0.4, 0.5) is 16.0 Å². The molecule has 0 amide bonds. The van der Waals surface area contributed by atoms with E-state index in [4.69, 9.17) is 0 Å². The topological polar surface area (TPSA) is 124 Å². The molecular formula is C25H31FN8O2S. The fourth-order valence-electron chi connectivity index (χ4n) is 5.95. The quantitative estimate of drug-likeness (QED) is 0.384. The number of hydrogen-bond donors (Lipinski definition) is 4. The first kappa shape index (κ1) is 24.4. The van der Waals surface area contributed by atoms with Gasteiger partial charge in [0.1, 0.15) is 16.2 Å². The normalized spacial score (nSPS) is 28.3. The minimum Gasteiger partial charge on any atom is -0.367 e. The van der Waals surface area contributed by atoms with Crippen LogP contribution in [0.25, 0.3) is 10.9 Å². The second-order valence-electron chi connectivity index (χ2n) is 10.2. The Labute approximate surface area is 215 Å². The highest BCUT2D eigenvalue weighted by Gasteiger charge is 2.45. The van der Waals surface area contributed by atoms with Crippen LogP contribution in [0.3, 0.4) is 0 Å². The van der Waals surface area contributed by atoms with Crippen molar-refractivity contribution in [3.05, 3.63) is 48.7 Å². The number of sulfonamides is 1. The van der Waals surface area contributed by atoms with Crippen molar-refractivity contribution in [2.75, 3.05) is 10.6 Å². The number of rotatable bonds is 6. The lowest BCUT2D eigenvalue weighted by molar-refractivity contribution is 0.116. The van der Waals surface area contributed by atoms with Crippen LogP contribution >= 0.6 is 0 Å². The summed E-state index contributed by atoms with van der Waals surface area (Å²) < 4.78 is 44.1. The number of halogens is 1. The number of fused-ring (bicyclic) bond motifs is 3. The van der Waals surface area contributed by atoms with Gasteiger partial charge in [-0.15, -0.1) is 0 Å². The van der Waals surface area contributed by atoms with E-state index in [0.29, 0.717) is 24.0 Å². The van der Waals surface area contributed by atoms with Gasteiger partial charge >= 0.3 is 0 Å². The summed E-state index contributed by atoms with van der Waals surface area (Å²) in [6.07, 6.45) is 9.08. The van der Waals surface area contributed by atoms with E-state index in [0.717, 1.165) is 25.7 Å². The van der Waals surface area contributed by atoms with Crippen LogP contribution in [0, 0.1) is 5.82 Å². The molecule has 2 bridgehead atoms. The average Bonchev–Trinajstić information content (AvgIpc) is 3.31. The van der Waals surface area contributed by atoms with Gasteiger partial charge in [0, 0.05) is 48.1 Å². The Morgan fingerprint density at radius 2 is 1.81 bits per heavy atom. The smallest absolute Gasteiger partial charge is 0.245 e. The minimum atomic E-state index is -3.64. The molecule has 196 valence electrons. The molecule has 6 rings (SSSR count). The highest BCUT2D eigenvalue weighted by Crippen LogP contribution is 2.39. The molecule has 3 fully saturated rings. The standard InChI is InChI=1S/C25H31FN8O2S/c1-15-11-21(33-32-15)30-25-22(26)23-20(8-4-10-28-23)24(31-25)29-16-12-17-5-2-6-18(13-16)34(17)37(35,36)19-7-3-9-27-14-19/h3-4,7-10,14-18,21,32-33H,2,5-6,11-13H2,1H3,(H2,29,30,31)/t15?,16?,17-,18+,21?. The largest absolute Gasteiger partial charge is 0.367 e. The first-order valence-corrected chi connectivity index (χ1v) is 14.3. The third kappa shape index (κ3) is 4.63. The summed E-state index contributed by atoms with van der Waals surface area (Å²) in [6.45, 7) is 2.05. The van der Waals surface area contributed by atoms with Crippen molar-refractivity contribution in [1.82, 2.24) is 30.1 Å². The number of hydrogen-bond acceptors (Lipinski definition) is 9. The second-order valence-corrected chi connectivity index (χ2v) is 12.1. The Hall–Kier alpha value is -2.93. The molecule has 3 aromatic rings. The highest BCUT2D eigenvalue weighted by atomic mass is 32.2. The summed E-state index contributed by atoms with van der Waals surface area (Å²) in [4.78, 5) is 13.2. The molecule has 3 aromatic heterocycles. The first-order chi connectivity index (χ1) is 17.9. The van der Waals surface area contributed by atoms with Crippen LogP contribution in [0.5, 0.6) is 0 Å². The number of piperidine rings is 2. The van der Waals surface area contributed by atoms with Crippen LogP contribution in [0.15, 0.2) is 47.8 Å². The van der Waals surface area contributed by atoms with Crippen molar-refractivity contribution in [2.24, 2.45) is 0 Å². The Bertz CT molecular complexity index is 1380. The summed E-state index contributed by atoms with van der Waals surface area (Å²) in [5, 5.41) is 7.30. The fraction of sp³-hybridized carbons (Fsp3) is 0.480. The Balaban J connectivity index is 1.27. The monoisotopic (exact) mass is 526 g/mol. The fourth-order valence-corrected chi connectivity index (χ4v) is 7.80. The van der Waals surface area contributed by atoms with Gasteiger partial charge in [-0.3, -0.25) is 15.4 Å². The summed E-state index contributed by atoms with van der Waals surface area (Å²) in [5.74, 6) is 0.202. The SMILES string of the molecule is CC1CC(Nc2nc(NC3C[C@H]4CCC[C@@H](C3)N4S(=O)(=O)c3cccnc3)c3cccnc3c2F)NN1. The molecular weight excluding hydrogens is 495 g/mol. The van der Waals surface area contributed by atoms with Crippen molar-refractivity contribution in [2.45, 2.75) is 80.7 Å². The molecule has 0 aromatic carbocycles. The molecule has 3 aliphatic heterocycles. The third-order valence-corrected chi connectivity index (χ3v) is 9.55. The van der Waals surface area contributed by atoms with Gasteiger partial charge in [-0.25, -0.2) is 23.2 Å². The molecule has 0 radical (unpaired) electrons. The van der Waals surface area contributed by atoms with Crippen LogP contribution < -0.4 is 21.5 Å². The van der Waals surface area contributed by atoms with E-state index < -0.39 is 15.8 Å². The number of pyridine rings is 3. The molecule has 6 heterocycles. The van der Waals surface area contributed by atoms with E-state index in [1.165, 1.54) is 6.20 Å². The van der Waals surface area contributed by atoms with Crippen molar-refractivity contribution in [3.8, 4) is 0 Å². The summed E-state index contributed by atoms with van der Waals surface area (Å²) in [6, 6.07) is 6.85. The van der Waals surface area contributed by atoms with Gasteiger partial charge in [-0.1, -0.05) is 6.42 Å². The number of hydrazine groups is 1. The van der Waals surface area contributed by atoms with Gasteiger partial charge in [0.25, 0.3) is 0 Å². The van der Waals surface area contributed by atoms with Crippen LogP contribution in [0.2, 0.25) is 0 Å². The predicted molar refractivity (Wildman–Crippen MR) is 139 cm³/mol. The van der Waals surface area contributed by atoms with Gasteiger partial charge in [0.05, 0.1) is 6.17 Å². The summed E-state index contributed by atoms with van der Waals surface area (Å²) in [7, 11) is -3.64. The molecule has 37 heavy (non-hydrogen) atoms. The zero-order valence-corrected chi connectivity index (χ0v) is 21.4. The number of nitrogens with zero attached hydrogens (tertiary/aromatic N) is 4. The highest BCUT2D eigenvalue weighted by molar-refractivity contribution is 7.89. The zero-order chi connectivity index (χ0) is 25.6. The maximum absolute atomic E-state index is 15.4. The van der Waals surface area contributed by atoms with Crippen LogP contribution in [-0.2, 0) is 10.0 Å². The van der Waals surface area contributed by atoms with Crippen molar-refractivity contribution < 1.29 is 12.8 Å². The van der Waals surface area contributed by atoms with E-state index in [1.54, 1.807) is 34.9 Å². The van der Waals surface area contributed by atoms with Gasteiger partial charge in [0.15, 0.2) is 11.6 Å². The number of anilines is 2. The molecule has 12 heteroatoms. The molecule has 0 spiro atoms. The second kappa shape index (κ2) is 9.75. The maximum atomic E-state index is 15.4. The van der Waals surface area contributed by atoms with Crippen LogP contribution in [0.1, 0.15) is 45.4 Å². The van der Waals surface area contributed by atoms with Gasteiger partial charge in [0.2, 0.25) is 10.0 Å². The van der Waals surface area contributed by atoms with Gasteiger partial charge in [-0.05, 0) is 63.3 Å². The van der Waals surface area contributed by atoms with E-state index >= 15 is 4.39 Å². The lowest BCUT2D eigenvalue weighted by atomic mass is 9.84. The van der Waals surface area contributed by atoms with E-state index in [1.807, 2.05) is 13.0 Å². The lowest BCUT2D eigenvalue weighted by Gasteiger charge is -2.47. The third-order valence-electron chi connectivity index (χ3n) is 7.56. The van der Waals surface area contributed by atoms with Crippen molar-refractivity contribution >= 4 is 32.6 Å². The van der Waals surface area contributed by atoms with Crippen molar-refractivity contribution in [3.63, 3.8) is 0 Å².